The Kier molecular flexibility index (Phi) is 4.73. The fraction of sp³-hybridized carbons (Fsp3) is 0.500. The van der Waals surface area contributed by atoms with E-state index in [0.717, 1.165) is 12.8 Å². The van der Waals surface area contributed by atoms with Crippen LogP contribution in [0.15, 0.2) is 12.1 Å². The Morgan fingerprint density at radius 3 is 2.60 bits per heavy atom. The van der Waals surface area contributed by atoms with Crippen LogP contribution in [0.3, 0.4) is 0 Å². The molecular weight excluding hydrogens is 280 g/mol. The first kappa shape index (κ1) is 14.9. The largest absolute Gasteiger partial charge is 0.495 e. The summed E-state index contributed by atoms with van der Waals surface area (Å²) in [6.07, 6.45) is 1.78. The zero-order valence-electron chi connectivity index (χ0n) is 11.9. The lowest BCUT2D eigenvalue weighted by molar-refractivity contribution is -0.121. The van der Waals surface area contributed by atoms with Gasteiger partial charge in [0, 0.05) is 18.7 Å². The molecule has 1 aromatic rings. The van der Waals surface area contributed by atoms with E-state index in [1.54, 1.807) is 38.3 Å². The van der Waals surface area contributed by atoms with Gasteiger partial charge in [-0.15, -0.1) is 0 Å². The van der Waals surface area contributed by atoms with Crippen molar-refractivity contribution >= 4 is 23.2 Å². The lowest BCUT2D eigenvalue weighted by Crippen LogP contribution is -2.49. The Balaban J connectivity index is 2.42. The first-order valence-electron chi connectivity index (χ1n) is 6.52. The number of hydrogen-bond acceptors (Lipinski definition) is 4. The summed E-state index contributed by atoms with van der Waals surface area (Å²) in [5.74, 6) is 1.14. The number of ether oxygens (including phenoxy) is 2. The Hall–Kier alpha value is -1.46. The first-order valence-corrected chi connectivity index (χ1v) is 6.90. The summed E-state index contributed by atoms with van der Waals surface area (Å²) in [6, 6.07) is 3.26. The second-order valence-corrected chi connectivity index (χ2v) is 5.04. The zero-order chi connectivity index (χ0) is 14.7. The molecule has 110 valence electrons. The summed E-state index contributed by atoms with van der Waals surface area (Å²) < 4.78 is 10.6. The molecule has 1 amide bonds. The van der Waals surface area contributed by atoms with Crippen LogP contribution in [0.5, 0.6) is 11.5 Å². The van der Waals surface area contributed by atoms with Gasteiger partial charge in [0.2, 0.25) is 5.91 Å². The maximum absolute atomic E-state index is 12.4. The van der Waals surface area contributed by atoms with E-state index in [-0.39, 0.29) is 11.9 Å². The van der Waals surface area contributed by atoms with Crippen LogP contribution in [0.4, 0.5) is 5.69 Å². The lowest BCUT2D eigenvalue weighted by atomic mass is 10.0. The molecule has 1 fully saturated rings. The minimum absolute atomic E-state index is 0.0430. The molecule has 0 saturated carbocycles. The first-order chi connectivity index (χ1) is 9.62. The standard InChI is InChI=1S/C14H19ClN2O3/c1-16-10-5-4-6-17(14(10)18)11-8-12(19-2)9(15)7-13(11)20-3/h7-8,10,16H,4-6H2,1-3H3. The van der Waals surface area contributed by atoms with Crippen molar-refractivity contribution in [3.8, 4) is 11.5 Å². The van der Waals surface area contributed by atoms with Gasteiger partial charge in [-0.1, -0.05) is 11.6 Å². The van der Waals surface area contributed by atoms with Gasteiger partial charge in [-0.25, -0.2) is 0 Å². The van der Waals surface area contributed by atoms with Crippen molar-refractivity contribution in [2.75, 3.05) is 32.7 Å². The molecule has 0 bridgehead atoms. The van der Waals surface area contributed by atoms with E-state index in [1.165, 1.54) is 0 Å². The van der Waals surface area contributed by atoms with E-state index in [4.69, 9.17) is 21.1 Å². The molecule has 1 aliphatic rings. The number of nitrogens with one attached hydrogen (secondary N) is 1. The second kappa shape index (κ2) is 6.33. The molecule has 0 aliphatic carbocycles. The zero-order valence-corrected chi connectivity index (χ0v) is 12.7. The van der Waals surface area contributed by atoms with Crippen molar-refractivity contribution in [3.05, 3.63) is 17.2 Å². The number of methoxy groups -OCH3 is 2. The van der Waals surface area contributed by atoms with Gasteiger partial charge in [0.05, 0.1) is 31.0 Å². The number of rotatable bonds is 4. The van der Waals surface area contributed by atoms with Gasteiger partial charge in [-0.3, -0.25) is 4.79 Å². The molecule has 6 heteroatoms. The van der Waals surface area contributed by atoms with Gasteiger partial charge < -0.3 is 19.7 Å². The Morgan fingerprint density at radius 2 is 2.00 bits per heavy atom. The quantitative estimate of drug-likeness (QED) is 0.924. The molecule has 20 heavy (non-hydrogen) atoms. The fourth-order valence-electron chi connectivity index (χ4n) is 2.44. The van der Waals surface area contributed by atoms with E-state index in [0.29, 0.717) is 28.8 Å². The summed E-state index contributed by atoms with van der Waals surface area (Å²) in [7, 11) is 4.91. The summed E-state index contributed by atoms with van der Waals surface area (Å²) in [6.45, 7) is 0.665. The summed E-state index contributed by atoms with van der Waals surface area (Å²) in [4.78, 5) is 14.2. The van der Waals surface area contributed by atoms with Crippen molar-refractivity contribution in [1.82, 2.24) is 5.32 Å². The number of likely N-dealkylation sites (N-methyl/N-ethyl adjacent to an activating group) is 1. The number of piperidine rings is 1. The molecule has 1 heterocycles. The Bertz CT molecular complexity index is 507. The van der Waals surface area contributed by atoms with E-state index in [1.807, 2.05) is 0 Å². The third-order valence-electron chi connectivity index (χ3n) is 3.53. The van der Waals surface area contributed by atoms with Crippen LogP contribution < -0.4 is 19.7 Å². The maximum Gasteiger partial charge on any atom is 0.244 e. The number of amides is 1. The molecule has 1 saturated heterocycles. The van der Waals surface area contributed by atoms with Crippen molar-refractivity contribution in [3.63, 3.8) is 0 Å². The molecule has 0 spiro atoms. The average Bonchev–Trinajstić information content (AvgIpc) is 2.47. The predicted molar refractivity (Wildman–Crippen MR) is 79.0 cm³/mol. The smallest absolute Gasteiger partial charge is 0.244 e. The van der Waals surface area contributed by atoms with Crippen LogP contribution in [-0.4, -0.2) is 39.8 Å². The van der Waals surface area contributed by atoms with Crippen molar-refractivity contribution < 1.29 is 14.3 Å². The van der Waals surface area contributed by atoms with Gasteiger partial charge in [0.25, 0.3) is 0 Å². The summed E-state index contributed by atoms with van der Waals surface area (Å²) in [5.41, 5.74) is 0.693. The van der Waals surface area contributed by atoms with Crippen molar-refractivity contribution in [1.29, 1.82) is 0 Å². The van der Waals surface area contributed by atoms with Gasteiger partial charge in [-0.05, 0) is 19.9 Å². The highest BCUT2D eigenvalue weighted by Crippen LogP contribution is 2.39. The molecule has 0 aromatic heterocycles. The topological polar surface area (TPSA) is 50.8 Å². The normalized spacial score (nSPS) is 19.1. The van der Waals surface area contributed by atoms with Gasteiger partial charge in [0.15, 0.2) is 0 Å². The summed E-state index contributed by atoms with van der Waals surface area (Å²) >= 11 is 6.09. The Labute approximate surface area is 123 Å². The van der Waals surface area contributed by atoms with Crippen LogP contribution in [0, 0.1) is 0 Å². The fourth-order valence-corrected chi connectivity index (χ4v) is 2.67. The SMILES string of the molecule is CNC1CCCN(c2cc(OC)c(Cl)cc2OC)C1=O. The highest BCUT2D eigenvalue weighted by atomic mass is 35.5. The molecule has 2 rings (SSSR count). The number of hydrogen-bond donors (Lipinski definition) is 1. The van der Waals surface area contributed by atoms with Crippen LogP contribution >= 0.6 is 11.6 Å². The number of halogens is 1. The van der Waals surface area contributed by atoms with Crippen LogP contribution in [0.25, 0.3) is 0 Å². The number of carbonyl (C=O) groups excluding carboxylic acids is 1. The van der Waals surface area contributed by atoms with Crippen molar-refractivity contribution in [2.45, 2.75) is 18.9 Å². The Morgan fingerprint density at radius 1 is 1.30 bits per heavy atom. The van der Waals surface area contributed by atoms with Crippen molar-refractivity contribution in [2.24, 2.45) is 0 Å². The highest BCUT2D eigenvalue weighted by molar-refractivity contribution is 6.32. The number of nitrogens with zero attached hydrogens (tertiary/aromatic N) is 1. The van der Waals surface area contributed by atoms with E-state index in [9.17, 15) is 4.79 Å². The maximum atomic E-state index is 12.4. The highest BCUT2D eigenvalue weighted by Gasteiger charge is 2.30. The van der Waals surface area contributed by atoms with Crippen LogP contribution in [0.1, 0.15) is 12.8 Å². The third kappa shape index (κ3) is 2.69. The predicted octanol–water partition coefficient (Wildman–Crippen LogP) is 2.07. The molecule has 1 aromatic carbocycles. The number of anilines is 1. The molecule has 1 unspecified atom stereocenters. The average molecular weight is 299 g/mol. The summed E-state index contributed by atoms with van der Waals surface area (Å²) in [5, 5.41) is 3.50. The van der Waals surface area contributed by atoms with E-state index >= 15 is 0 Å². The molecular formula is C14H19ClN2O3. The second-order valence-electron chi connectivity index (χ2n) is 4.63. The third-order valence-corrected chi connectivity index (χ3v) is 3.83. The number of carbonyl (C=O) groups is 1. The van der Waals surface area contributed by atoms with Crippen LogP contribution in [-0.2, 0) is 4.79 Å². The lowest BCUT2D eigenvalue weighted by Gasteiger charge is -2.33. The van der Waals surface area contributed by atoms with Gasteiger partial charge >= 0.3 is 0 Å². The molecule has 1 aliphatic heterocycles. The van der Waals surface area contributed by atoms with E-state index in [2.05, 4.69) is 5.32 Å². The molecule has 1 N–H and O–H groups in total. The minimum atomic E-state index is -0.157. The molecule has 1 atom stereocenters. The molecule has 5 nitrogen and oxygen atoms in total. The van der Waals surface area contributed by atoms with E-state index < -0.39 is 0 Å². The van der Waals surface area contributed by atoms with Crippen LogP contribution in [0.2, 0.25) is 5.02 Å². The monoisotopic (exact) mass is 298 g/mol. The number of benzene rings is 1. The van der Waals surface area contributed by atoms with Gasteiger partial charge in [-0.2, -0.15) is 0 Å². The minimum Gasteiger partial charge on any atom is -0.495 e. The molecule has 0 radical (unpaired) electrons. The van der Waals surface area contributed by atoms with Gasteiger partial charge in [0.1, 0.15) is 11.5 Å².